The number of benzene rings is 1. The number of thiophene rings is 1. The molecule has 0 saturated heterocycles. The highest BCUT2D eigenvalue weighted by molar-refractivity contribution is 7.17. The molecule has 0 aliphatic heterocycles. The molecule has 28 heavy (non-hydrogen) atoms. The van der Waals surface area contributed by atoms with Crippen molar-refractivity contribution in [2.75, 3.05) is 6.54 Å². The molecule has 3 aromatic heterocycles. The number of amides is 1. The van der Waals surface area contributed by atoms with Crippen molar-refractivity contribution >= 4 is 33.0 Å². The molecule has 1 N–H and O–H groups in total. The molecule has 4 aromatic rings. The average Bonchev–Trinajstić information content (AvgIpc) is 3.31. The molecule has 0 aliphatic carbocycles. The third kappa shape index (κ3) is 3.33. The van der Waals surface area contributed by atoms with E-state index in [0.29, 0.717) is 18.5 Å². The number of aryl methyl sites for hydroxylation is 1. The van der Waals surface area contributed by atoms with Crippen LogP contribution in [0.25, 0.3) is 15.7 Å². The maximum Gasteiger partial charge on any atom is 0.291 e. The summed E-state index contributed by atoms with van der Waals surface area (Å²) >= 11 is 1.59. The van der Waals surface area contributed by atoms with Crippen LogP contribution in [-0.4, -0.2) is 26.6 Å². The van der Waals surface area contributed by atoms with Gasteiger partial charge in [-0.3, -0.25) is 14.0 Å². The number of carbonyl (C=O) groups excluding carboxylic acids is 1. The third-order valence-corrected chi connectivity index (χ3v) is 5.81. The molecule has 0 fully saturated rings. The zero-order valence-corrected chi connectivity index (χ0v) is 16.7. The van der Waals surface area contributed by atoms with Crippen molar-refractivity contribution < 1.29 is 4.79 Å². The van der Waals surface area contributed by atoms with Crippen LogP contribution < -0.4 is 10.9 Å². The number of aromatic nitrogens is 3. The van der Waals surface area contributed by atoms with Gasteiger partial charge in [0.1, 0.15) is 17.9 Å². The third-order valence-electron chi connectivity index (χ3n) is 4.95. The summed E-state index contributed by atoms with van der Waals surface area (Å²) in [6, 6.07) is 13.9. The first-order valence-corrected chi connectivity index (χ1v) is 10.3. The molecular formula is C21H22N4O2S. The number of rotatable bonds is 6. The van der Waals surface area contributed by atoms with E-state index in [1.54, 1.807) is 11.3 Å². The Bertz CT molecular complexity index is 1190. The molecule has 6 nitrogen and oxygen atoms in total. The van der Waals surface area contributed by atoms with Gasteiger partial charge >= 0.3 is 0 Å². The molecular weight excluding hydrogens is 372 g/mol. The minimum Gasteiger partial charge on any atom is -0.354 e. The Labute approximate surface area is 166 Å². The van der Waals surface area contributed by atoms with E-state index in [-0.39, 0.29) is 23.9 Å². The standard InChI is InChI=1S/C21H22N4O2S/c1-3-19-23-24(21(27)17-11-18-16(25(17)19)9-10-28-18)13-20(26)22-12-14(2)15-7-5-4-6-8-15/h4-11,14H,3,12-13H2,1-2H3,(H,22,26)/t14-/m0/s1. The Morgan fingerprint density at radius 3 is 2.75 bits per heavy atom. The van der Waals surface area contributed by atoms with Crippen molar-refractivity contribution in [1.29, 1.82) is 0 Å². The van der Waals surface area contributed by atoms with Gasteiger partial charge < -0.3 is 5.32 Å². The van der Waals surface area contributed by atoms with Crippen LogP contribution in [0, 0.1) is 0 Å². The van der Waals surface area contributed by atoms with Crippen LogP contribution in [0.2, 0.25) is 0 Å². The van der Waals surface area contributed by atoms with Gasteiger partial charge in [0.2, 0.25) is 5.91 Å². The normalized spacial score (nSPS) is 12.5. The number of carbonyl (C=O) groups is 1. The molecule has 144 valence electrons. The summed E-state index contributed by atoms with van der Waals surface area (Å²) in [5, 5.41) is 9.38. The molecule has 4 rings (SSSR count). The Morgan fingerprint density at radius 1 is 1.21 bits per heavy atom. The van der Waals surface area contributed by atoms with Gasteiger partial charge in [-0.15, -0.1) is 11.3 Å². The van der Waals surface area contributed by atoms with Gasteiger partial charge in [0.05, 0.1) is 10.2 Å². The van der Waals surface area contributed by atoms with E-state index in [1.807, 2.05) is 59.2 Å². The molecule has 3 heterocycles. The summed E-state index contributed by atoms with van der Waals surface area (Å²) in [6.45, 7) is 4.50. The van der Waals surface area contributed by atoms with Crippen molar-refractivity contribution in [3.8, 4) is 0 Å². The second-order valence-corrected chi connectivity index (χ2v) is 7.83. The van der Waals surface area contributed by atoms with Gasteiger partial charge in [0.15, 0.2) is 0 Å². The first-order valence-electron chi connectivity index (χ1n) is 9.38. The van der Waals surface area contributed by atoms with E-state index in [2.05, 4.69) is 17.3 Å². The summed E-state index contributed by atoms with van der Waals surface area (Å²) in [4.78, 5) is 25.3. The molecule has 1 amide bonds. The van der Waals surface area contributed by atoms with E-state index in [0.717, 1.165) is 16.0 Å². The van der Waals surface area contributed by atoms with Gasteiger partial charge in [0, 0.05) is 13.0 Å². The van der Waals surface area contributed by atoms with Crippen LogP contribution in [0.4, 0.5) is 0 Å². The van der Waals surface area contributed by atoms with Crippen LogP contribution in [0.5, 0.6) is 0 Å². The van der Waals surface area contributed by atoms with E-state index < -0.39 is 0 Å². The number of hydrogen-bond donors (Lipinski definition) is 1. The minimum absolute atomic E-state index is 0.0807. The fourth-order valence-corrected chi connectivity index (χ4v) is 4.22. The van der Waals surface area contributed by atoms with Gasteiger partial charge in [-0.2, -0.15) is 5.10 Å². The highest BCUT2D eigenvalue weighted by Crippen LogP contribution is 2.24. The van der Waals surface area contributed by atoms with Crippen molar-refractivity contribution in [2.24, 2.45) is 0 Å². The number of fused-ring (bicyclic) bond motifs is 3. The fourth-order valence-electron chi connectivity index (χ4n) is 3.42. The first kappa shape index (κ1) is 18.4. The molecule has 0 aliphatic rings. The largest absolute Gasteiger partial charge is 0.354 e. The number of hydrogen-bond acceptors (Lipinski definition) is 4. The summed E-state index contributed by atoms with van der Waals surface area (Å²) in [6.07, 6.45) is 0.670. The maximum atomic E-state index is 12.9. The summed E-state index contributed by atoms with van der Waals surface area (Å²) in [5.41, 5.74) is 2.49. The monoisotopic (exact) mass is 394 g/mol. The zero-order valence-electron chi connectivity index (χ0n) is 15.9. The Kier molecular flexibility index (Phi) is 5.00. The van der Waals surface area contributed by atoms with Crippen LogP contribution in [0.1, 0.15) is 31.2 Å². The molecule has 0 radical (unpaired) electrons. The van der Waals surface area contributed by atoms with E-state index in [4.69, 9.17) is 0 Å². The summed E-state index contributed by atoms with van der Waals surface area (Å²) in [7, 11) is 0. The lowest BCUT2D eigenvalue weighted by Gasteiger charge is -2.14. The highest BCUT2D eigenvalue weighted by atomic mass is 32.1. The van der Waals surface area contributed by atoms with Gasteiger partial charge in [-0.1, -0.05) is 44.2 Å². The molecule has 0 saturated carbocycles. The SMILES string of the molecule is CCc1nn(CC(=O)NC[C@H](C)c2ccccc2)c(=O)c2cc3sccc3n12. The molecule has 0 spiro atoms. The zero-order chi connectivity index (χ0) is 19.7. The van der Waals surface area contributed by atoms with E-state index in [1.165, 1.54) is 10.2 Å². The number of nitrogens with one attached hydrogen (secondary N) is 1. The van der Waals surface area contributed by atoms with Crippen molar-refractivity contribution in [3.05, 3.63) is 69.6 Å². The number of nitrogens with zero attached hydrogens (tertiary/aromatic N) is 3. The van der Waals surface area contributed by atoms with Gasteiger partial charge in [-0.25, -0.2) is 4.68 Å². The lowest BCUT2D eigenvalue weighted by atomic mass is 10.0. The highest BCUT2D eigenvalue weighted by Gasteiger charge is 2.16. The van der Waals surface area contributed by atoms with Gasteiger partial charge in [0.25, 0.3) is 5.56 Å². The second-order valence-electron chi connectivity index (χ2n) is 6.88. The summed E-state index contributed by atoms with van der Waals surface area (Å²) in [5.74, 6) is 0.756. The van der Waals surface area contributed by atoms with E-state index >= 15 is 0 Å². The molecule has 0 unspecified atom stereocenters. The predicted molar refractivity (Wildman–Crippen MR) is 112 cm³/mol. The lowest BCUT2D eigenvalue weighted by Crippen LogP contribution is -2.36. The van der Waals surface area contributed by atoms with Crippen molar-refractivity contribution in [2.45, 2.75) is 32.7 Å². The molecule has 1 atom stereocenters. The van der Waals surface area contributed by atoms with Crippen molar-refractivity contribution in [3.63, 3.8) is 0 Å². The lowest BCUT2D eigenvalue weighted by molar-refractivity contribution is -0.121. The average molecular weight is 395 g/mol. The topological polar surface area (TPSA) is 68.4 Å². The Morgan fingerprint density at radius 2 is 2.00 bits per heavy atom. The maximum absolute atomic E-state index is 12.9. The van der Waals surface area contributed by atoms with Crippen LogP contribution >= 0.6 is 11.3 Å². The van der Waals surface area contributed by atoms with Crippen LogP contribution in [0.15, 0.2) is 52.6 Å². The first-order chi connectivity index (χ1) is 13.6. The quantitative estimate of drug-likeness (QED) is 0.546. The molecule has 7 heteroatoms. The fraction of sp³-hybridized carbons (Fsp3) is 0.286. The molecule has 1 aromatic carbocycles. The Hall–Kier alpha value is -2.93. The van der Waals surface area contributed by atoms with Crippen LogP contribution in [-0.2, 0) is 17.8 Å². The minimum atomic E-state index is -0.244. The van der Waals surface area contributed by atoms with Crippen molar-refractivity contribution in [1.82, 2.24) is 19.5 Å². The second kappa shape index (κ2) is 7.59. The predicted octanol–water partition coefficient (Wildman–Crippen LogP) is 3.19. The summed E-state index contributed by atoms with van der Waals surface area (Å²) < 4.78 is 4.23. The smallest absolute Gasteiger partial charge is 0.291 e. The van der Waals surface area contributed by atoms with Crippen LogP contribution in [0.3, 0.4) is 0 Å². The van der Waals surface area contributed by atoms with Gasteiger partial charge in [-0.05, 0) is 29.0 Å². The van der Waals surface area contributed by atoms with E-state index in [9.17, 15) is 9.59 Å². The molecule has 0 bridgehead atoms. The Balaban J connectivity index is 1.55.